The van der Waals surface area contributed by atoms with Gasteiger partial charge in [0.1, 0.15) is 12.5 Å². The minimum absolute atomic E-state index is 0.284. The van der Waals surface area contributed by atoms with E-state index in [1.54, 1.807) is 6.33 Å². The molecule has 1 aromatic heterocycles. The quantitative estimate of drug-likeness (QED) is 0.485. The fraction of sp³-hybridized carbons (Fsp3) is 0.200. The third kappa shape index (κ3) is 0.908. The average molecular weight is 169 g/mol. The number of thiol groups is 1. The first-order chi connectivity index (χ1) is 5.29. The molecule has 1 unspecified atom stereocenters. The largest absolute Gasteiger partial charge is 0.344 e. The summed E-state index contributed by atoms with van der Waals surface area (Å²) in [5, 5.41) is 0. The Kier molecular flexibility index (Phi) is 1.36. The van der Waals surface area contributed by atoms with Crippen molar-refractivity contribution in [3.05, 3.63) is 12.0 Å². The summed E-state index contributed by atoms with van der Waals surface area (Å²) in [6, 6.07) is 0. The first-order valence-electron chi connectivity index (χ1n) is 3.09. The van der Waals surface area contributed by atoms with Gasteiger partial charge < -0.3 is 10.7 Å². The molecule has 1 atom stereocenters. The molecular weight excluding hydrogens is 162 g/mol. The van der Waals surface area contributed by atoms with Crippen LogP contribution in [0.3, 0.4) is 0 Å². The topological polar surface area (TPSA) is 70.3 Å². The highest BCUT2D eigenvalue weighted by Gasteiger charge is 2.20. The number of aromatic amines is 1. The molecule has 5 nitrogen and oxygen atoms in total. The van der Waals surface area contributed by atoms with Gasteiger partial charge in [-0.1, -0.05) is 12.8 Å². The van der Waals surface area contributed by atoms with Crippen LogP contribution < -0.4 is 5.73 Å². The molecule has 0 bridgehead atoms. The number of nitrogens with zero attached hydrogens (tertiary/aromatic N) is 3. The van der Waals surface area contributed by atoms with Crippen LogP contribution in [0.25, 0.3) is 0 Å². The molecule has 0 amide bonds. The lowest BCUT2D eigenvalue weighted by Crippen LogP contribution is -2.28. The van der Waals surface area contributed by atoms with Gasteiger partial charge in [-0.2, -0.15) is 0 Å². The molecule has 0 spiro atoms. The first kappa shape index (κ1) is 6.68. The van der Waals surface area contributed by atoms with Gasteiger partial charge in [-0.3, -0.25) is 4.31 Å². The second-order valence-corrected chi connectivity index (χ2v) is 2.67. The zero-order chi connectivity index (χ0) is 7.84. The predicted octanol–water partition coefficient (Wildman–Crippen LogP) is 0.187. The lowest BCUT2D eigenvalue weighted by molar-refractivity contribution is 0.508. The molecule has 6 heteroatoms. The highest BCUT2D eigenvalue weighted by Crippen LogP contribution is 2.26. The van der Waals surface area contributed by atoms with Crippen molar-refractivity contribution < 1.29 is 0 Å². The van der Waals surface area contributed by atoms with Crippen molar-refractivity contribution in [3.8, 4) is 0 Å². The van der Waals surface area contributed by atoms with E-state index in [0.717, 1.165) is 5.69 Å². The number of fused-ring (bicyclic) bond motifs is 1. The van der Waals surface area contributed by atoms with Crippen molar-refractivity contribution in [1.29, 1.82) is 0 Å². The highest BCUT2D eigenvalue weighted by atomic mass is 32.1. The Morgan fingerprint density at radius 1 is 1.73 bits per heavy atom. The van der Waals surface area contributed by atoms with Crippen LogP contribution in [0.4, 0.5) is 5.82 Å². The summed E-state index contributed by atoms with van der Waals surface area (Å²) in [6.45, 7) is 0. The Bertz CT molecular complexity index is 293. The fourth-order valence-corrected chi connectivity index (χ4v) is 1.10. The summed E-state index contributed by atoms with van der Waals surface area (Å²) in [6.07, 6.45) is 2.82. The molecule has 1 aliphatic rings. The number of hydrogen-bond donors (Lipinski definition) is 3. The third-order valence-electron chi connectivity index (χ3n) is 1.53. The summed E-state index contributed by atoms with van der Waals surface area (Å²) in [5.74, 6) is 0.641. The monoisotopic (exact) mass is 169 g/mol. The van der Waals surface area contributed by atoms with Crippen LogP contribution in [0.15, 0.2) is 11.3 Å². The van der Waals surface area contributed by atoms with Gasteiger partial charge in [-0.15, -0.1) is 0 Å². The Morgan fingerprint density at radius 3 is 3.36 bits per heavy atom. The van der Waals surface area contributed by atoms with Gasteiger partial charge in [0.15, 0.2) is 5.82 Å². The van der Waals surface area contributed by atoms with E-state index in [-0.39, 0.29) is 6.17 Å². The normalized spacial score (nSPS) is 22.0. The molecule has 11 heavy (non-hydrogen) atoms. The van der Waals surface area contributed by atoms with Crippen LogP contribution in [0, 0.1) is 0 Å². The summed E-state index contributed by atoms with van der Waals surface area (Å²) in [5.41, 5.74) is 6.52. The summed E-state index contributed by atoms with van der Waals surface area (Å²) in [7, 11) is 0. The number of hydrogen-bond acceptors (Lipinski definition) is 5. The van der Waals surface area contributed by atoms with Crippen LogP contribution in [-0.4, -0.2) is 20.6 Å². The number of H-pyrrole nitrogens is 1. The maximum Gasteiger partial charge on any atom is 0.178 e. The van der Waals surface area contributed by atoms with E-state index in [1.165, 1.54) is 10.6 Å². The molecule has 0 aromatic carbocycles. The number of nitrogens with one attached hydrogen (secondary N) is 1. The number of aromatic nitrogens is 2. The van der Waals surface area contributed by atoms with Crippen molar-refractivity contribution in [1.82, 2.24) is 14.3 Å². The van der Waals surface area contributed by atoms with Gasteiger partial charge in [0.25, 0.3) is 0 Å². The molecule has 1 aliphatic heterocycles. The molecule has 0 saturated carbocycles. The molecule has 0 radical (unpaired) electrons. The predicted molar refractivity (Wildman–Crippen MR) is 44.5 cm³/mol. The Hall–Kier alpha value is -1.01. The van der Waals surface area contributed by atoms with Crippen LogP contribution in [0.2, 0.25) is 0 Å². The molecule has 0 saturated heterocycles. The fourth-order valence-electron chi connectivity index (χ4n) is 0.936. The van der Waals surface area contributed by atoms with Crippen molar-refractivity contribution in [2.75, 3.05) is 0 Å². The Balaban J connectivity index is 2.48. The molecule has 2 heterocycles. The standard InChI is InChI=1S/C5H7N5S/c6-4-3-5(8-1-7-3)9-2-10(4)11/h1-2,4,11H,6H2,(H,7,8). The van der Waals surface area contributed by atoms with Crippen LogP contribution in [-0.2, 0) is 0 Å². The van der Waals surface area contributed by atoms with E-state index < -0.39 is 0 Å². The van der Waals surface area contributed by atoms with E-state index in [9.17, 15) is 0 Å². The lowest BCUT2D eigenvalue weighted by atomic mass is 10.3. The van der Waals surface area contributed by atoms with E-state index in [0.29, 0.717) is 5.82 Å². The lowest BCUT2D eigenvalue weighted by Gasteiger charge is -2.22. The maximum absolute atomic E-state index is 5.72. The van der Waals surface area contributed by atoms with Gasteiger partial charge in [0.2, 0.25) is 0 Å². The van der Waals surface area contributed by atoms with Crippen molar-refractivity contribution in [2.24, 2.45) is 10.7 Å². The number of aliphatic imine (C=N–C) groups is 1. The smallest absolute Gasteiger partial charge is 0.178 e. The SMILES string of the molecule is NC1c2[nH]cnc2N=CN1S. The minimum atomic E-state index is -0.284. The Morgan fingerprint density at radius 2 is 2.55 bits per heavy atom. The highest BCUT2D eigenvalue weighted by molar-refractivity contribution is 7.78. The molecule has 58 valence electrons. The van der Waals surface area contributed by atoms with Gasteiger partial charge >= 0.3 is 0 Å². The van der Waals surface area contributed by atoms with Crippen LogP contribution in [0.1, 0.15) is 11.9 Å². The molecule has 3 N–H and O–H groups in total. The second kappa shape index (κ2) is 2.24. The average Bonchev–Trinajstić information content (AvgIpc) is 2.45. The van der Waals surface area contributed by atoms with E-state index >= 15 is 0 Å². The summed E-state index contributed by atoms with van der Waals surface area (Å²) in [4.78, 5) is 10.8. The van der Waals surface area contributed by atoms with E-state index in [4.69, 9.17) is 5.73 Å². The zero-order valence-electron chi connectivity index (χ0n) is 5.60. The number of imidazole rings is 1. The van der Waals surface area contributed by atoms with Gasteiger partial charge in [0.05, 0.1) is 12.0 Å². The first-order valence-corrected chi connectivity index (χ1v) is 3.49. The number of rotatable bonds is 0. The number of nitrogens with two attached hydrogens (primary N) is 1. The minimum Gasteiger partial charge on any atom is -0.344 e. The molecule has 0 aliphatic carbocycles. The van der Waals surface area contributed by atoms with Gasteiger partial charge in [0, 0.05) is 0 Å². The van der Waals surface area contributed by atoms with E-state index in [2.05, 4.69) is 27.8 Å². The zero-order valence-corrected chi connectivity index (χ0v) is 6.49. The molecule has 0 fully saturated rings. The van der Waals surface area contributed by atoms with Gasteiger partial charge in [-0.05, 0) is 0 Å². The molecule has 1 aromatic rings. The van der Waals surface area contributed by atoms with Crippen molar-refractivity contribution in [2.45, 2.75) is 6.17 Å². The van der Waals surface area contributed by atoms with E-state index in [1.807, 2.05) is 0 Å². The van der Waals surface area contributed by atoms with Crippen LogP contribution >= 0.6 is 12.8 Å². The third-order valence-corrected chi connectivity index (χ3v) is 1.88. The summed E-state index contributed by atoms with van der Waals surface area (Å²) < 4.78 is 1.51. The maximum atomic E-state index is 5.72. The van der Waals surface area contributed by atoms with Crippen molar-refractivity contribution in [3.63, 3.8) is 0 Å². The van der Waals surface area contributed by atoms with Gasteiger partial charge in [-0.25, -0.2) is 9.98 Å². The molecule has 2 rings (SSSR count). The molecular formula is C5H7N5S. The summed E-state index contributed by atoms with van der Waals surface area (Å²) >= 11 is 4.07. The van der Waals surface area contributed by atoms with Crippen LogP contribution in [0.5, 0.6) is 0 Å². The van der Waals surface area contributed by atoms with Crippen molar-refractivity contribution >= 4 is 25.0 Å². The second-order valence-electron chi connectivity index (χ2n) is 2.21. The Labute approximate surface area is 68.9 Å².